The fraction of sp³-hybridized carbons (Fsp3) is 0. The van der Waals surface area contributed by atoms with Crippen LogP contribution in [0.4, 0.5) is 0 Å². The van der Waals surface area contributed by atoms with E-state index in [0.717, 1.165) is 0 Å². The standard InChI is InChI=1S/C6H8N2O4S2/c9-13(10)7-8-14(11,12)6-4-2-1-3-5-6/h1-5,7-8H,(H,9,10). The molecule has 0 aliphatic rings. The number of rotatable bonds is 4. The molecule has 1 aromatic rings. The Morgan fingerprint density at radius 2 is 1.79 bits per heavy atom. The van der Waals surface area contributed by atoms with Gasteiger partial charge in [0.05, 0.1) is 4.90 Å². The lowest BCUT2D eigenvalue weighted by Crippen LogP contribution is -2.38. The summed E-state index contributed by atoms with van der Waals surface area (Å²) in [6, 6.07) is 7.49. The second kappa shape index (κ2) is 4.62. The molecule has 0 heterocycles. The maximum atomic E-state index is 11.3. The monoisotopic (exact) mass is 236 g/mol. The molecular formula is C6H8N2O4S2. The van der Waals surface area contributed by atoms with Crippen LogP contribution in [0.1, 0.15) is 0 Å². The summed E-state index contributed by atoms with van der Waals surface area (Å²) in [4.78, 5) is 3.43. The van der Waals surface area contributed by atoms with Crippen LogP contribution in [0.2, 0.25) is 0 Å². The Bertz CT molecular complexity index is 417. The molecule has 0 saturated heterocycles. The van der Waals surface area contributed by atoms with Crippen LogP contribution in [0.3, 0.4) is 0 Å². The molecule has 0 radical (unpaired) electrons. The van der Waals surface area contributed by atoms with E-state index >= 15 is 0 Å². The number of nitrogens with one attached hydrogen (secondary N) is 2. The van der Waals surface area contributed by atoms with Crippen molar-refractivity contribution in [3.05, 3.63) is 30.3 Å². The fourth-order valence-corrected chi connectivity index (χ4v) is 2.11. The van der Waals surface area contributed by atoms with Crippen molar-refractivity contribution in [3.8, 4) is 0 Å². The van der Waals surface area contributed by atoms with Crippen LogP contribution in [0.5, 0.6) is 0 Å². The van der Waals surface area contributed by atoms with E-state index in [4.69, 9.17) is 4.55 Å². The summed E-state index contributed by atoms with van der Waals surface area (Å²) >= 11 is -2.43. The van der Waals surface area contributed by atoms with Gasteiger partial charge in [-0.25, -0.2) is 12.6 Å². The lowest BCUT2D eigenvalue weighted by molar-refractivity contribution is 0.535. The molecule has 6 nitrogen and oxygen atoms in total. The highest BCUT2D eigenvalue weighted by Crippen LogP contribution is 2.05. The summed E-state index contributed by atoms with van der Waals surface area (Å²) in [5, 5.41) is 0. The van der Waals surface area contributed by atoms with Crippen molar-refractivity contribution in [2.24, 2.45) is 0 Å². The van der Waals surface area contributed by atoms with Gasteiger partial charge >= 0.3 is 0 Å². The van der Waals surface area contributed by atoms with Crippen LogP contribution in [0.15, 0.2) is 35.2 Å². The van der Waals surface area contributed by atoms with Crippen LogP contribution < -0.4 is 9.66 Å². The minimum Gasteiger partial charge on any atom is -0.293 e. The van der Waals surface area contributed by atoms with Gasteiger partial charge in [0.2, 0.25) is 11.3 Å². The van der Waals surface area contributed by atoms with E-state index < -0.39 is 21.3 Å². The van der Waals surface area contributed by atoms with Gasteiger partial charge in [-0.1, -0.05) is 18.2 Å². The fourth-order valence-electron chi connectivity index (χ4n) is 0.749. The predicted octanol–water partition coefficient (Wildman–Crippen LogP) is -0.394. The first kappa shape index (κ1) is 11.3. The van der Waals surface area contributed by atoms with Gasteiger partial charge in [0.15, 0.2) is 0 Å². The molecule has 0 saturated carbocycles. The SMILES string of the molecule is O=S(O)NNS(=O)(=O)c1ccccc1. The van der Waals surface area contributed by atoms with Crippen LogP contribution >= 0.6 is 0 Å². The van der Waals surface area contributed by atoms with Crippen molar-refractivity contribution >= 4 is 21.3 Å². The topological polar surface area (TPSA) is 95.5 Å². The number of hydrazine groups is 1. The van der Waals surface area contributed by atoms with Gasteiger partial charge in [-0.15, -0.1) is 9.66 Å². The quantitative estimate of drug-likeness (QED) is 0.490. The van der Waals surface area contributed by atoms with Crippen LogP contribution in [0, 0.1) is 0 Å². The predicted molar refractivity (Wildman–Crippen MR) is 50.7 cm³/mol. The molecular weight excluding hydrogens is 228 g/mol. The van der Waals surface area contributed by atoms with Crippen molar-refractivity contribution < 1.29 is 17.2 Å². The van der Waals surface area contributed by atoms with Gasteiger partial charge in [-0.05, 0) is 12.1 Å². The zero-order valence-electron chi connectivity index (χ0n) is 6.88. The third-order valence-corrected chi connectivity index (χ3v) is 2.99. The van der Waals surface area contributed by atoms with E-state index in [2.05, 4.69) is 0 Å². The molecule has 0 amide bonds. The van der Waals surface area contributed by atoms with Gasteiger partial charge < -0.3 is 0 Å². The normalized spacial score (nSPS) is 13.8. The maximum Gasteiger partial charge on any atom is 0.254 e. The molecule has 0 bridgehead atoms. The maximum absolute atomic E-state index is 11.3. The molecule has 78 valence electrons. The highest BCUT2D eigenvalue weighted by Gasteiger charge is 2.12. The van der Waals surface area contributed by atoms with Crippen molar-refractivity contribution in [3.63, 3.8) is 0 Å². The summed E-state index contributed by atoms with van der Waals surface area (Å²) in [6.45, 7) is 0. The lowest BCUT2D eigenvalue weighted by atomic mass is 10.4. The summed E-state index contributed by atoms with van der Waals surface area (Å²) in [7, 11) is -3.77. The number of hydrogen-bond donors (Lipinski definition) is 3. The van der Waals surface area contributed by atoms with E-state index in [-0.39, 0.29) is 4.90 Å². The van der Waals surface area contributed by atoms with Crippen molar-refractivity contribution in [1.82, 2.24) is 9.66 Å². The number of hydrogen-bond acceptors (Lipinski definition) is 3. The summed E-state index contributed by atoms with van der Waals surface area (Å²) < 4.78 is 41.1. The highest BCUT2D eigenvalue weighted by atomic mass is 32.2. The van der Waals surface area contributed by atoms with E-state index in [1.54, 1.807) is 27.9 Å². The van der Waals surface area contributed by atoms with E-state index in [0.29, 0.717) is 0 Å². The van der Waals surface area contributed by atoms with Crippen LogP contribution in [-0.2, 0) is 21.3 Å². The average molecular weight is 236 g/mol. The van der Waals surface area contributed by atoms with E-state index in [1.807, 2.05) is 0 Å². The number of benzene rings is 1. The first-order valence-electron chi connectivity index (χ1n) is 3.46. The zero-order valence-corrected chi connectivity index (χ0v) is 8.51. The Labute approximate surface area is 83.8 Å². The van der Waals surface area contributed by atoms with Crippen molar-refractivity contribution in [2.75, 3.05) is 0 Å². The Balaban J connectivity index is 2.82. The average Bonchev–Trinajstić information content (AvgIpc) is 2.16. The zero-order chi connectivity index (χ0) is 10.6. The molecule has 1 rings (SSSR count). The Hall–Kier alpha value is -0.800. The molecule has 1 aromatic carbocycles. The minimum absolute atomic E-state index is 0.0120. The largest absolute Gasteiger partial charge is 0.293 e. The van der Waals surface area contributed by atoms with Crippen LogP contribution in [0.25, 0.3) is 0 Å². The first-order valence-corrected chi connectivity index (χ1v) is 6.05. The molecule has 0 aliphatic heterocycles. The third kappa shape index (κ3) is 3.16. The Morgan fingerprint density at radius 3 is 2.29 bits per heavy atom. The van der Waals surface area contributed by atoms with Crippen LogP contribution in [-0.4, -0.2) is 17.2 Å². The van der Waals surface area contributed by atoms with Gasteiger partial charge in [0.1, 0.15) is 0 Å². The molecule has 8 heteroatoms. The molecule has 1 unspecified atom stereocenters. The third-order valence-electron chi connectivity index (χ3n) is 1.32. The van der Waals surface area contributed by atoms with E-state index in [9.17, 15) is 12.6 Å². The minimum atomic E-state index is -3.77. The molecule has 0 spiro atoms. The lowest BCUT2D eigenvalue weighted by Gasteiger charge is -2.04. The molecule has 14 heavy (non-hydrogen) atoms. The Morgan fingerprint density at radius 1 is 1.21 bits per heavy atom. The highest BCUT2D eigenvalue weighted by molar-refractivity contribution is 7.90. The Kier molecular flexibility index (Phi) is 3.72. The van der Waals surface area contributed by atoms with Gasteiger partial charge in [-0.3, -0.25) is 4.55 Å². The van der Waals surface area contributed by atoms with Gasteiger partial charge in [0.25, 0.3) is 10.0 Å². The first-order chi connectivity index (χ1) is 6.52. The summed E-state index contributed by atoms with van der Waals surface area (Å²) in [5.41, 5.74) is 0. The molecule has 0 fully saturated rings. The van der Waals surface area contributed by atoms with E-state index in [1.165, 1.54) is 12.1 Å². The molecule has 3 N–H and O–H groups in total. The smallest absolute Gasteiger partial charge is 0.254 e. The summed E-state index contributed by atoms with van der Waals surface area (Å²) in [6.07, 6.45) is 0. The van der Waals surface area contributed by atoms with Gasteiger partial charge in [-0.2, -0.15) is 0 Å². The molecule has 0 aromatic heterocycles. The van der Waals surface area contributed by atoms with Gasteiger partial charge in [0, 0.05) is 0 Å². The molecule has 0 aliphatic carbocycles. The summed E-state index contributed by atoms with van der Waals surface area (Å²) in [5.74, 6) is 0. The second-order valence-electron chi connectivity index (χ2n) is 2.27. The van der Waals surface area contributed by atoms with Crippen molar-refractivity contribution in [2.45, 2.75) is 4.90 Å². The number of sulfonamides is 1. The second-order valence-corrected chi connectivity index (χ2v) is 4.65. The molecule has 1 atom stereocenters. The van der Waals surface area contributed by atoms with Crippen molar-refractivity contribution in [1.29, 1.82) is 0 Å².